The molecule has 0 spiro atoms. The fraction of sp³-hybridized carbons (Fsp3) is 0.222. The van der Waals surface area contributed by atoms with E-state index >= 15 is 0 Å². The molecule has 0 aliphatic carbocycles. The quantitative estimate of drug-likeness (QED) is 0.704. The van der Waals surface area contributed by atoms with E-state index in [1.54, 1.807) is 54.4 Å². The van der Waals surface area contributed by atoms with Crippen molar-refractivity contribution in [2.45, 2.75) is 19.6 Å². The van der Waals surface area contributed by atoms with Crippen LogP contribution in [0, 0.1) is 0 Å². The van der Waals surface area contributed by atoms with Gasteiger partial charge < -0.3 is 14.8 Å². The number of anilines is 1. The SMILES string of the molecule is COc1ccccc1O[C@@H](C)C(=O)Nc1ccnn1Cc1cccs1. The van der Waals surface area contributed by atoms with Crippen LogP contribution < -0.4 is 14.8 Å². The van der Waals surface area contributed by atoms with E-state index in [1.807, 2.05) is 29.6 Å². The Bertz CT molecular complexity index is 830. The third kappa shape index (κ3) is 4.19. The van der Waals surface area contributed by atoms with E-state index in [1.165, 1.54) is 0 Å². The van der Waals surface area contributed by atoms with E-state index in [0.29, 0.717) is 23.9 Å². The zero-order chi connectivity index (χ0) is 17.6. The fourth-order valence-electron chi connectivity index (χ4n) is 2.30. The molecule has 2 heterocycles. The molecule has 3 aromatic rings. The highest BCUT2D eigenvalue weighted by molar-refractivity contribution is 7.09. The molecular formula is C18H19N3O3S. The number of benzene rings is 1. The van der Waals surface area contributed by atoms with Crippen molar-refractivity contribution in [3.63, 3.8) is 0 Å². The second kappa shape index (κ2) is 7.85. The molecule has 1 aromatic carbocycles. The molecular weight excluding hydrogens is 338 g/mol. The van der Waals surface area contributed by atoms with E-state index in [0.717, 1.165) is 4.88 Å². The maximum atomic E-state index is 12.5. The Balaban J connectivity index is 1.65. The maximum absolute atomic E-state index is 12.5. The lowest BCUT2D eigenvalue weighted by molar-refractivity contribution is -0.122. The molecule has 0 aliphatic rings. The number of methoxy groups -OCH3 is 1. The minimum atomic E-state index is -0.679. The zero-order valence-electron chi connectivity index (χ0n) is 14.0. The second-order valence-corrected chi connectivity index (χ2v) is 6.39. The monoisotopic (exact) mass is 357 g/mol. The first-order valence-electron chi connectivity index (χ1n) is 7.82. The summed E-state index contributed by atoms with van der Waals surface area (Å²) in [6.07, 6.45) is 0.982. The molecule has 0 bridgehead atoms. The molecule has 7 heteroatoms. The van der Waals surface area contributed by atoms with E-state index in [4.69, 9.17) is 9.47 Å². The van der Waals surface area contributed by atoms with Gasteiger partial charge >= 0.3 is 0 Å². The molecule has 0 fully saturated rings. The van der Waals surface area contributed by atoms with Crippen molar-refractivity contribution in [1.82, 2.24) is 9.78 Å². The van der Waals surface area contributed by atoms with Crippen LogP contribution in [0.1, 0.15) is 11.8 Å². The molecule has 3 rings (SSSR count). The van der Waals surface area contributed by atoms with Crippen LogP contribution >= 0.6 is 11.3 Å². The lowest BCUT2D eigenvalue weighted by atomic mass is 10.3. The predicted molar refractivity (Wildman–Crippen MR) is 97.4 cm³/mol. The van der Waals surface area contributed by atoms with Crippen LogP contribution in [0.15, 0.2) is 54.0 Å². The number of rotatable bonds is 7. The lowest BCUT2D eigenvalue weighted by Crippen LogP contribution is -2.31. The van der Waals surface area contributed by atoms with E-state index in [2.05, 4.69) is 10.4 Å². The van der Waals surface area contributed by atoms with Gasteiger partial charge in [0.1, 0.15) is 5.82 Å². The van der Waals surface area contributed by atoms with Crippen LogP contribution in [0.2, 0.25) is 0 Å². The van der Waals surface area contributed by atoms with Gasteiger partial charge in [-0.05, 0) is 30.5 Å². The standard InChI is InChI=1S/C18H19N3O3S/c1-13(24-16-8-4-3-7-15(16)23-2)18(22)20-17-9-10-19-21(17)12-14-6-5-11-25-14/h3-11,13H,12H2,1-2H3,(H,20,22)/t13-/m0/s1. The maximum Gasteiger partial charge on any atom is 0.266 e. The highest BCUT2D eigenvalue weighted by Gasteiger charge is 2.18. The highest BCUT2D eigenvalue weighted by Crippen LogP contribution is 2.27. The molecule has 1 atom stereocenters. The van der Waals surface area contributed by atoms with Crippen molar-refractivity contribution in [3.8, 4) is 11.5 Å². The predicted octanol–water partition coefficient (Wildman–Crippen LogP) is 3.41. The average molecular weight is 357 g/mol. The summed E-state index contributed by atoms with van der Waals surface area (Å²) in [5.74, 6) is 1.50. The van der Waals surface area contributed by atoms with Crippen LogP contribution in [0.25, 0.3) is 0 Å². The number of hydrogen-bond acceptors (Lipinski definition) is 5. The third-order valence-corrected chi connectivity index (χ3v) is 4.46. The molecule has 2 aromatic heterocycles. The minimum Gasteiger partial charge on any atom is -0.493 e. The first-order chi connectivity index (χ1) is 12.2. The van der Waals surface area contributed by atoms with Crippen LogP contribution in [-0.4, -0.2) is 28.9 Å². The second-order valence-electron chi connectivity index (χ2n) is 5.35. The van der Waals surface area contributed by atoms with E-state index in [-0.39, 0.29) is 5.91 Å². The Hall–Kier alpha value is -2.80. The number of aromatic nitrogens is 2. The Morgan fingerprint density at radius 3 is 2.76 bits per heavy atom. The summed E-state index contributed by atoms with van der Waals surface area (Å²) in [6.45, 7) is 2.31. The van der Waals surface area contributed by atoms with Gasteiger partial charge in [-0.2, -0.15) is 5.10 Å². The normalized spacial score (nSPS) is 11.8. The molecule has 0 unspecified atom stereocenters. The number of nitrogens with zero attached hydrogens (tertiary/aromatic N) is 2. The van der Waals surface area contributed by atoms with Gasteiger partial charge in [0, 0.05) is 10.9 Å². The number of nitrogens with one attached hydrogen (secondary N) is 1. The van der Waals surface area contributed by atoms with Gasteiger partial charge in [-0.25, -0.2) is 4.68 Å². The fourth-order valence-corrected chi connectivity index (χ4v) is 2.99. The van der Waals surface area contributed by atoms with Crippen LogP contribution in [-0.2, 0) is 11.3 Å². The zero-order valence-corrected chi connectivity index (χ0v) is 14.8. The van der Waals surface area contributed by atoms with Gasteiger partial charge in [-0.15, -0.1) is 11.3 Å². The first kappa shape index (κ1) is 17.0. The molecule has 0 saturated carbocycles. The number of thiophene rings is 1. The van der Waals surface area contributed by atoms with Crippen molar-refractivity contribution in [2.75, 3.05) is 12.4 Å². The average Bonchev–Trinajstić information content (AvgIpc) is 3.28. The van der Waals surface area contributed by atoms with Crippen LogP contribution in [0.4, 0.5) is 5.82 Å². The summed E-state index contributed by atoms with van der Waals surface area (Å²) < 4.78 is 12.7. The lowest BCUT2D eigenvalue weighted by Gasteiger charge is -2.17. The van der Waals surface area contributed by atoms with Gasteiger partial charge in [0.05, 0.1) is 19.9 Å². The Morgan fingerprint density at radius 2 is 2.04 bits per heavy atom. The van der Waals surface area contributed by atoms with Crippen LogP contribution in [0.5, 0.6) is 11.5 Å². The molecule has 0 radical (unpaired) electrons. The summed E-state index contributed by atoms with van der Waals surface area (Å²) in [5.41, 5.74) is 0. The summed E-state index contributed by atoms with van der Waals surface area (Å²) >= 11 is 1.65. The number of ether oxygens (including phenoxy) is 2. The molecule has 25 heavy (non-hydrogen) atoms. The first-order valence-corrected chi connectivity index (χ1v) is 8.70. The topological polar surface area (TPSA) is 65.4 Å². The highest BCUT2D eigenvalue weighted by atomic mass is 32.1. The third-order valence-electron chi connectivity index (χ3n) is 3.60. The van der Waals surface area contributed by atoms with Crippen molar-refractivity contribution in [1.29, 1.82) is 0 Å². The smallest absolute Gasteiger partial charge is 0.266 e. The van der Waals surface area contributed by atoms with E-state index in [9.17, 15) is 4.79 Å². The molecule has 130 valence electrons. The Kier molecular flexibility index (Phi) is 5.35. The van der Waals surface area contributed by atoms with Crippen LogP contribution in [0.3, 0.4) is 0 Å². The molecule has 1 amide bonds. The summed E-state index contributed by atoms with van der Waals surface area (Å²) in [5, 5.41) is 9.14. The number of hydrogen-bond donors (Lipinski definition) is 1. The number of amides is 1. The number of carbonyl (C=O) groups is 1. The number of carbonyl (C=O) groups excluding carboxylic acids is 1. The molecule has 1 N–H and O–H groups in total. The van der Waals surface area contributed by atoms with Gasteiger partial charge in [-0.3, -0.25) is 4.79 Å². The summed E-state index contributed by atoms with van der Waals surface area (Å²) in [6, 6.07) is 13.0. The molecule has 6 nitrogen and oxygen atoms in total. The van der Waals surface area contributed by atoms with Crippen molar-refractivity contribution < 1.29 is 14.3 Å². The van der Waals surface area contributed by atoms with Gasteiger partial charge in [0.25, 0.3) is 5.91 Å². The van der Waals surface area contributed by atoms with E-state index < -0.39 is 6.10 Å². The Labute approximate surface area is 150 Å². The summed E-state index contributed by atoms with van der Waals surface area (Å²) in [4.78, 5) is 13.6. The minimum absolute atomic E-state index is 0.251. The molecule has 0 saturated heterocycles. The largest absolute Gasteiger partial charge is 0.493 e. The number of para-hydroxylation sites is 2. The van der Waals surface area contributed by atoms with Gasteiger partial charge in [-0.1, -0.05) is 18.2 Å². The van der Waals surface area contributed by atoms with Gasteiger partial charge in [0.2, 0.25) is 0 Å². The Morgan fingerprint density at radius 1 is 1.24 bits per heavy atom. The van der Waals surface area contributed by atoms with Crippen molar-refractivity contribution in [3.05, 3.63) is 58.9 Å². The van der Waals surface area contributed by atoms with Gasteiger partial charge in [0.15, 0.2) is 17.6 Å². The molecule has 0 aliphatic heterocycles. The van der Waals surface area contributed by atoms with Crippen molar-refractivity contribution in [2.24, 2.45) is 0 Å². The summed E-state index contributed by atoms with van der Waals surface area (Å²) in [7, 11) is 1.57. The van der Waals surface area contributed by atoms with Crippen molar-refractivity contribution >= 4 is 23.1 Å².